The summed E-state index contributed by atoms with van der Waals surface area (Å²) >= 11 is 0. The van der Waals surface area contributed by atoms with E-state index in [0.29, 0.717) is 6.42 Å². The van der Waals surface area contributed by atoms with Gasteiger partial charge in [0, 0.05) is 12.8 Å². The molecule has 0 bridgehead atoms. The first-order valence-electron chi connectivity index (χ1n) is 12.2. The second-order valence-corrected chi connectivity index (χ2v) is 8.17. The summed E-state index contributed by atoms with van der Waals surface area (Å²) < 4.78 is 5.69. The van der Waals surface area contributed by atoms with Gasteiger partial charge in [0.15, 0.2) is 0 Å². The van der Waals surface area contributed by atoms with Crippen LogP contribution in [-0.4, -0.2) is 23.1 Å². The van der Waals surface area contributed by atoms with Gasteiger partial charge in [0.2, 0.25) is 0 Å². The minimum Gasteiger partial charge on any atom is -0.481 e. The second-order valence-electron chi connectivity index (χ2n) is 8.17. The van der Waals surface area contributed by atoms with Crippen molar-refractivity contribution < 1.29 is 19.4 Å². The zero-order valence-electron chi connectivity index (χ0n) is 19.1. The second kappa shape index (κ2) is 21.4. The number of carbonyl (C=O) groups is 2. The molecule has 0 saturated carbocycles. The molecule has 0 aromatic rings. The number of carboxylic acids is 1. The van der Waals surface area contributed by atoms with Gasteiger partial charge in [-0.05, 0) is 38.2 Å². The summed E-state index contributed by atoms with van der Waals surface area (Å²) in [7, 11) is 0. The molecule has 0 heterocycles. The van der Waals surface area contributed by atoms with Crippen molar-refractivity contribution in [3.63, 3.8) is 0 Å². The fraction of sp³-hybridized carbons (Fsp3) is 0.840. The normalized spacial score (nSPS) is 12.3. The lowest BCUT2D eigenvalue weighted by Gasteiger charge is -2.14. The van der Waals surface area contributed by atoms with Crippen LogP contribution in [0.25, 0.3) is 0 Å². The first-order chi connectivity index (χ1) is 14.1. The molecule has 0 fully saturated rings. The molecule has 0 aliphatic heterocycles. The summed E-state index contributed by atoms with van der Waals surface area (Å²) in [5.41, 5.74) is 0. The Balaban J connectivity index is 3.91. The Hall–Kier alpha value is -1.32. The number of aliphatic carboxylic acids is 1. The number of rotatable bonds is 21. The molecule has 0 aromatic carbocycles. The molecule has 4 nitrogen and oxygen atoms in total. The Labute approximate surface area is 179 Å². The van der Waals surface area contributed by atoms with Crippen LogP contribution in [0, 0.1) is 0 Å². The van der Waals surface area contributed by atoms with Crippen molar-refractivity contribution in [2.75, 3.05) is 0 Å². The molecule has 1 atom stereocenters. The maximum atomic E-state index is 12.2. The Morgan fingerprint density at radius 2 is 1.31 bits per heavy atom. The molecule has 29 heavy (non-hydrogen) atoms. The number of unbranched alkanes of at least 4 members (excludes halogenated alkanes) is 12. The lowest BCUT2D eigenvalue weighted by Crippen LogP contribution is -2.16. The molecule has 0 aliphatic rings. The average Bonchev–Trinajstić information content (AvgIpc) is 2.69. The van der Waals surface area contributed by atoms with Crippen LogP contribution in [0.15, 0.2) is 12.2 Å². The Morgan fingerprint density at radius 3 is 1.90 bits per heavy atom. The van der Waals surface area contributed by atoms with E-state index in [1.54, 1.807) is 0 Å². The number of carboxylic acid groups (broad SMARTS) is 1. The van der Waals surface area contributed by atoms with Gasteiger partial charge in [-0.25, -0.2) is 0 Å². The topological polar surface area (TPSA) is 63.6 Å². The molecule has 0 amide bonds. The van der Waals surface area contributed by atoms with E-state index in [1.165, 1.54) is 44.9 Å². The lowest BCUT2D eigenvalue weighted by atomic mass is 10.1. The molecule has 0 aromatic heterocycles. The molecular formula is C25H46O4. The first-order valence-corrected chi connectivity index (χ1v) is 12.2. The number of esters is 1. The van der Waals surface area contributed by atoms with Gasteiger partial charge < -0.3 is 9.84 Å². The van der Waals surface area contributed by atoms with Crippen LogP contribution in [0.3, 0.4) is 0 Å². The van der Waals surface area contributed by atoms with Gasteiger partial charge in [-0.3, -0.25) is 9.59 Å². The number of hydrogen-bond donors (Lipinski definition) is 1. The van der Waals surface area contributed by atoms with E-state index in [9.17, 15) is 9.59 Å². The Kier molecular flexibility index (Phi) is 20.4. The summed E-state index contributed by atoms with van der Waals surface area (Å²) in [5, 5.41) is 8.67. The maximum absolute atomic E-state index is 12.2. The fourth-order valence-corrected chi connectivity index (χ4v) is 3.39. The van der Waals surface area contributed by atoms with Crippen LogP contribution in [0.4, 0.5) is 0 Å². The van der Waals surface area contributed by atoms with Crippen molar-refractivity contribution in [2.24, 2.45) is 0 Å². The van der Waals surface area contributed by atoms with Crippen LogP contribution in [0.5, 0.6) is 0 Å². The van der Waals surface area contributed by atoms with E-state index in [1.807, 2.05) is 6.08 Å². The predicted molar refractivity (Wildman–Crippen MR) is 121 cm³/mol. The van der Waals surface area contributed by atoms with Gasteiger partial charge in [-0.1, -0.05) is 90.6 Å². The Bertz CT molecular complexity index is 417. The van der Waals surface area contributed by atoms with Crippen LogP contribution in [0.2, 0.25) is 0 Å². The predicted octanol–water partition coefficient (Wildman–Crippen LogP) is 7.60. The fourth-order valence-electron chi connectivity index (χ4n) is 3.39. The zero-order valence-corrected chi connectivity index (χ0v) is 19.1. The third kappa shape index (κ3) is 21.2. The lowest BCUT2D eigenvalue weighted by molar-refractivity contribution is -0.147. The maximum Gasteiger partial charge on any atom is 0.306 e. The van der Waals surface area contributed by atoms with Crippen molar-refractivity contribution in [1.29, 1.82) is 0 Å². The molecule has 1 unspecified atom stereocenters. The van der Waals surface area contributed by atoms with E-state index in [2.05, 4.69) is 19.9 Å². The van der Waals surface area contributed by atoms with Crippen molar-refractivity contribution in [3.8, 4) is 0 Å². The number of allylic oxidation sites excluding steroid dienone is 1. The van der Waals surface area contributed by atoms with Gasteiger partial charge in [0.05, 0.1) is 0 Å². The van der Waals surface area contributed by atoms with Crippen molar-refractivity contribution in [3.05, 3.63) is 12.2 Å². The summed E-state index contributed by atoms with van der Waals surface area (Å²) in [6.07, 6.45) is 22.5. The summed E-state index contributed by atoms with van der Waals surface area (Å²) in [6.45, 7) is 4.38. The minimum absolute atomic E-state index is 0.0787. The van der Waals surface area contributed by atoms with Crippen molar-refractivity contribution in [2.45, 2.75) is 136 Å². The van der Waals surface area contributed by atoms with E-state index < -0.39 is 5.97 Å². The van der Waals surface area contributed by atoms with E-state index >= 15 is 0 Å². The van der Waals surface area contributed by atoms with E-state index in [4.69, 9.17) is 9.84 Å². The first kappa shape index (κ1) is 27.7. The molecule has 0 rings (SSSR count). The highest BCUT2D eigenvalue weighted by atomic mass is 16.5. The number of carbonyl (C=O) groups excluding carboxylic acids is 1. The minimum atomic E-state index is -0.726. The average molecular weight is 411 g/mol. The molecular weight excluding hydrogens is 364 g/mol. The molecule has 0 saturated heterocycles. The standard InChI is InChI=1S/C25H46O4/c1-3-5-7-8-9-10-11-12-18-22-25(28)29-23(19-15-6-4-2)20-16-13-14-17-21-24(26)27/h15,19,23H,3-14,16-18,20-22H2,1-2H3,(H,26,27)/b19-15-. The molecule has 170 valence electrons. The zero-order chi connectivity index (χ0) is 21.6. The number of ether oxygens (including phenoxy) is 1. The molecule has 0 radical (unpaired) electrons. The highest BCUT2D eigenvalue weighted by Gasteiger charge is 2.11. The summed E-state index contributed by atoms with van der Waals surface area (Å²) in [4.78, 5) is 22.7. The van der Waals surface area contributed by atoms with Gasteiger partial charge in [-0.2, -0.15) is 0 Å². The van der Waals surface area contributed by atoms with Crippen LogP contribution in [-0.2, 0) is 14.3 Å². The molecule has 1 N–H and O–H groups in total. The third-order valence-corrected chi connectivity index (χ3v) is 5.20. The van der Waals surface area contributed by atoms with Crippen LogP contribution in [0.1, 0.15) is 129 Å². The van der Waals surface area contributed by atoms with Crippen molar-refractivity contribution in [1.82, 2.24) is 0 Å². The highest BCUT2D eigenvalue weighted by molar-refractivity contribution is 5.69. The van der Waals surface area contributed by atoms with Crippen LogP contribution >= 0.6 is 0 Å². The van der Waals surface area contributed by atoms with Crippen LogP contribution < -0.4 is 0 Å². The van der Waals surface area contributed by atoms with E-state index in [0.717, 1.165) is 57.8 Å². The van der Waals surface area contributed by atoms with Gasteiger partial charge in [-0.15, -0.1) is 0 Å². The smallest absolute Gasteiger partial charge is 0.306 e. The Morgan fingerprint density at radius 1 is 0.759 bits per heavy atom. The quantitative estimate of drug-likeness (QED) is 0.120. The number of hydrogen-bond acceptors (Lipinski definition) is 3. The molecule has 0 aliphatic carbocycles. The van der Waals surface area contributed by atoms with Gasteiger partial charge in [0.25, 0.3) is 0 Å². The summed E-state index contributed by atoms with van der Waals surface area (Å²) in [6, 6.07) is 0. The monoisotopic (exact) mass is 410 g/mol. The molecule has 4 heteroatoms. The summed E-state index contributed by atoms with van der Waals surface area (Å²) in [5.74, 6) is -0.805. The van der Waals surface area contributed by atoms with E-state index in [-0.39, 0.29) is 18.5 Å². The largest absolute Gasteiger partial charge is 0.481 e. The van der Waals surface area contributed by atoms with Gasteiger partial charge >= 0.3 is 11.9 Å². The molecule has 0 spiro atoms. The SMILES string of the molecule is CCC/C=C\C(CCCCCCC(=O)O)OC(=O)CCCCCCCCCCC. The van der Waals surface area contributed by atoms with Crippen molar-refractivity contribution >= 4 is 11.9 Å². The highest BCUT2D eigenvalue weighted by Crippen LogP contribution is 2.14. The van der Waals surface area contributed by atoms with Gasteiger partial charge in [0.1, 0.15) is 6.10 Å². The third-order valence-electron chi connectivity index (χ3n) is 5.20.